The Hall–Kier alpha value is -2.10. The molecule has 1 fully saturated rings. The van der Waals surface area contributed by atoms with E-state index in [-0.39, 0.29) is 32.1 Å². The number of rotatable bonds is 4. The summed E-state index contributed by atoms with van der Waals surface area (Å²) in [5.74, 6) is -2.47. The molecule has 1 amide bonds. The monoisotopic (exact) mass is 412 g/mol. The number of carbonyl (C=O) groups is 1. The van der Waals surface area contributed by atoms with E-state index in [1.54, 1.807) is 6.08 Å². The molecule has 27 heavy (non-hydrogen) atoms. The van der Waals surface area contributed by atoms with Crippen molar-refractivity contribution in [1.29, 1.82) is 0 Å². The Bertz CT molecular complexity index is 958. The minimum atomic E-state index is -4.30. The van der Waals surface area contributed by atoms with Crippen LogP contribution >= 0.6 is 11.3 Å². The summed E-state index contributed by atoms with van der Waals surface area (Å²) >= 11 is 1.53. The Morgan fingerprint density at radius 3 is 2.30 bits per heavy atom. The summed E-state index contributed by atoms with van der Waals surface area (Å²) in [5.41, 5.74) is 1.08. The third kappa shape index (κ3) is 4.10. The molecule has 0 atom stereocenters. The summed E-state index contributed by atoms with van der Waals surface area (Å²) in [6.45, 7) is 2.22. The average molecular weight is 412 g/mol. The summed E-state index contributed by atoms with van der Waals surface area (Å²) in [6.07, 6.45) is 3.19. The third-order valence-electron chi connectivity index (χ3n) is 4.35. The van der Waals surface area contributed by atoms with Gasteiger partial charge in [-0.2, -0.15) is 4.31 Å². The van der Waals surface area contributed by atoms with Crippen LogP contribution in [-0.4, -0.2) is 49.7 Å². The number of piperazine rings is 1. The van der Waals surface area contributed by atoms with Gasteiger partial charge < -0.3 is 4.90 Å². The lowest BCUT2D eigenvalue weighted by Crippen LogP contribution is -2.50. The molecular weight excluding hydrogens is 394 g/mol. The molecule has 2 aromatic rings. The van der Waals surface area contributed by atoms with Gasteiger partial charge in [0.1, 0.15) is 11.6 Å². The molecule has 0 radical (unpaired) electrons. The molecule has 144 valence electrons. The van der Waals surface area contributed by atoms with Crippen molar-refractivity contribution in [3.8, 4) is 0 Å². The van der Waals surface area contributed by atoms with Crippen molar-refractivity contribution in [2.75, 3.05) is 26.2 Å². The molecule has 1 aromatic carbocycles. The molecule has 1 aliphatic rings. The van der Waals surface area contributed by atoms with Crippen LogP contribution in [0.2, 0.25) is 0 Å². The lowest BCUT2D eigenvalue weighted by molar-refractivity contribution is -0.127. The summed E-state index contributed by atoms with van der Waals surface area (Å²) < 4.78 is 53.8. The number of benzene rings is 1. The van der Waals surface area contributed by atoms with Gasteiger partial charge in [0.15, 0.2) is 4.90 Å². The minimum absolute atomic E-state index is 0.0201. The topological polar surface area (TPSA) is 57.7 Å². The second-order valence-electron chi connectivity index (χ2n) is 6.08. The number of carbonyl (C=O) groups excluding carboxylic acids is 1. The quantitative estimate of drug-likeness (QED) is 0.726. The molecule has 0 saturated carbocycles. The summed E-state index contributed by atoms with van der Waals surface area (Å²) in [4.78, 5) is 13.9. The van der Waals surface area contributed by atoms with Gasteiger partial charge in [0, 0.05) is 37.1 Å². The molecular formula is C18H18F2N2O3S2. The van der Waals surface area contributed by atoms with E-state index in [1.165, 1.54) is 22.3 Å². The van der Waals surface area contributed by atoms with E-state index in [0.29, 0.717) is 0 Å². The van der Waals surface area contributed by atoms with Crippen LogP contribution < -0.4 is 0 Å². The first-order valence-corrected chi connectivity index (χ1v) is 10.6. The van der Waals surface area contributed by atoms with E-state index in [4.69, 9.17) is 0 Å². The standard InChI is InChI=1S/C18H18F2N2O3S2/c1-13-7-12-26-16(13)5-6-17(23)21-8-10-22(11-9-21)27(24,25)18-14(19)3-2-4-15(18)20/h2-7,12H,8-11H2,1H3/b6-5+. The van der Waals surface area contributed by atoms with Crippen molar-refractivity contribution < 1.29 is 22.0 Å². The fourth-order valence-electron chi connectivity index (χ4n) is 2.81. The van der Waals surface area contributed by atoms with Gasteiger partial charge in [-0.3, -0.25) is 4.79 Å². The normalized spacial score (nSPS) is 16.2. The molecule has 3 rings (SSSR count). The predicted octanol–water partition coefficient (Wildman–Crippen LogP) is 2.88. The van der Waals surface area contributed by atoms with Crippen LogP contribution in [0.3, 0.4) is 0 Å². The van der Waals surface area contributed by atoms with Crippen molar-refractivity contribution in [3.63, 3.8) is 0 Å². The largest absolute Gasteiger partial charge is 0.337 e. The van der Waals surface area contributed by atoms with Crippen LogP contribution in [0.5, 0.6) is 0 Å². The van der Waals surface area contributed by atoms with Crippen molar-refractivity contribution in [2.24, 2.45) is 0 Å². The van der Waals surface area contributed by atoms with Crippen molar-refractivity contribution in [1.82, 2.24) is 9.21 Å². The van der Waals surface area contributed by atoms with Gasteiger partial charge in [-0.25, -0.2) is 17.2 Å². The van der Waals surface area contributed by atoms with Gasteiger partial charge in [-0.05, 0) is 42.1 Å². The minimum Gasteiger partial charge on any atom is -0.337 e. The Morgan fingerprint density at radius 1 is 1.11 bits per heavy atom. The first-order chi connectivity index (χ1) is 12.8. The van der Waals surface area contributed by atoms with Gasteiger partial charge >= 0.3 is 0 Å². The zero-order valence-corrected chi connectivity index (χ0v) is 16.2. The number of thiophene rings is 1. The van der Waals surface area contributed by atoms with Crippen molar-refractivity contribution in [3.05, 3.63) is 57.8 Å². The Balaban J connectivity index is 1.67. The molecule has 2 heterocycles. The molecule has 0 N–H and O–H groups in total. The highest BCUT2D eigenvalue weighted by atomic mass is 32.2. The number of halogens is 2. The molecule has 1 aromatic heterocycles. The highest BCUT2D eigenvalue weighted by Crippen LogP contribution is 2.24. The van der Waals surface area contributed by atoms with E-state index in [1.807, 2.05) is 18.4 Å². The second-order valence-corrected chi connectivity index (χ2v) is 8.90. The van der Waals surface area contributed by atoms with Crippen LogP contribution in [0.25, 0.3) is 6.08 Å². The zero-order valence-electron chi connectivity index (χ0n) is 14.6. The highest BCUT2D eigenvalue weighted by Gasteiger charge is 2.33. The molecule has 0 bridgehead atoms. The fourth-order valence-corrected chi connectivity index (χ4v) is 5.16. The summed E-state index contributed by atoms with van der Waals surface area (Å²) in [5, 5.41) is 1.94. The van der Waals surface area contributed by atoms with Crippen LogP contribution in [-0.2, 0) is 14.8 Å². The van der Waals surface area contributed by atoms with E-state index < -0.39 is 26.6 Å². The Kier molecular flexibility index (Phi) is 5.73. The highest BCUT2D eigenvalue weighted by molar-refractivity contribution is 7.89. The maximum absolute atomic E-state index is 13.9. The van der Waals surface area contributed by atoms with E-state index in [2.05, 4.69) is 0 Å². The molecule has 9 heteroatoms. The second kappa shape index (κ2) is 7.87. The van der Waals surface area contributed by atoms with Crippen LogP contribution in [0.1, 0.15) is 10.4 Å². The fraction of sp³-hybridized carbons (Fsp3) is 0.278. The molecule has 0 spiro atoms. The first-order valence-electron chi connectivity index (χ1n) is 8.26. The molecule has 0 aliphatic carbocycles. The molecule has 1 saturated heterocycles. The van der Waals surface area contributed by atoms with E-state index in [0.717, 1.165) is 32.9 Å². The maximum atomic E-state index is 13.9. The molecule has 5 nitrogen and oxygen atoms in total. The average Bonchev–Trinajstić information content (AvgIpc) is 3.04. The number of aryl methyl sites for hydroxylation is 1. The molecule has 0 unspecified atom stereocenters. The molecule has 1 aliphatic heterocycles. The van der Waals surface area contributed by atoms with Gasteiger partial charge in [-0.1, -0.05) is 6.07 Å². The number of hydrogen-bond acceptors (Lipinski definition) is 4. The predicted molar refractivity (Wildman–Crippen MR) is 99.8 cm³/mol. The Labute approximate surface area is 160 Å². The number of sulfonamides is 1. The van der Waals surface area contributed by atoms with Gasteiger partial charge in [-0.15, -0.1) is 11.3 Å². The number of hydrogen-bond donors (Lipinski definition) is 0. The zero-order chi connectivity index (χ0) is 19.6. The number of nitrogens with zero attached hydrogens (tertiary/aromatic N) is 2. The summed E-state index contributed by atoms with van der Waals surface area (Å²) in [6, 6.07) is 4.89. The Morgan fingerprint density at radius 2 is 1.74 bits per heavy atom. The maximum Gasteiger partial charge on any atom is 0.249 e. The van der Waals surface area contributed by atoms with Gasteiger partial charge in [0.25, 0.3) is 0 Å². The van der Waals surface area contributed by atoms with Gasteiger partial charge in [0.2, 0.25) is 15.9 Å². The van der Waals surface area contributed by atoms with Crippen LogP contribution in [0, 0.1) is 18.6 Å². The lowest BCUT2D eigenvalue weighted by Gasteiger charge is -2.33. The SMILES string of the molecule is Cc1ccsc1/C=C/C(=O)N1CCN(S(=O)(=O)c2c(F)cccc2F)CC1. The number of amides is 1. The smallest absolute Gasteiger partial charge is 0.249 e. The first kappa shape index (κ1) is 19.7. The third-order valence-corrected chi connectivity index (χ3v) is 7.28. The van der Waals surface area contributed by atoms with Crippen LogP contribution in [0.4, 0.5) is 8.78 Å². The van der Waals surface area contributed by atoms with Crippen LogP contribution in [0.15, 0.2) is 40.6 Å². The van der Waals surface area contributed by atoms with Crippen molar-refractivity contribution in [2.45, 2.75) is 11.8 Å². The summed E-state index contributed by atoms with van der Waals surface area (Å²) in [7, 11) is -4.30. The van der Waals surface area contributed by atoms with E-state index in [9.17, 15) is 22.0 Å². The van der Waals surface area contributed by atoms with Crippen molar-refractivity contribution >= 4 is 33.3 Å². The van der Waals surface area contributed by atoms with E-state index >= 15 is 0 Å². The van der Waals surface area contributed by atoms with Gasteiger partial charge in [0.05, 0.1) is 0 Å². The lowest BCUT2D eigenvalue weighted by atomic mass is 10.2.